The third-order valence-corrected chi connectivity index (χ3v) is 18.5. The highest BCUT2D eigenvalue weighted by Crippen LogP contribution is 2.76. The maximum Gasteiger partial charge on any atom is 0.309 e. The second-order valence-electron chi connectivity index (χ2n) is 23.0. The molecule has 5 saturated carbocycles. The first-order valence-electron chi connectivity index (χ1n) is 23.4. The Morgan fingerprint density at radius 2 is 1.50 bits per heavy atom. The van der Waals surface area contributed by atoms with Crippen molar-refractivity contribution in [2.45, 2.75) is 158 Å². The summed E-state index contributed by atoms with van der Waals surface area (Å²) in [5.74, 6) is -1.08. The van der Waals surface area contributed by atoms with E-state index in [1.807, 2.05) is 13.8 Å². The minimum absolute atomic E-state index is 0.00545. The van der Waals surface area contributed by atoms with Crippen LogP contribution in [0.5, 0.6) is 5.75 Å². The molecule has 0 saturated heterocycles. The third kappa shape index (κ3) is 7.13. The Kier molecular flexibility index (Phi) is 11.8. The number of hydrogen-bond donors (Lipinski definition) is 3. The van der Waals surface area contributed by atoms with Gasteiger partial charge in [-0.05, 0) is 152 Å². The van der Waals surface area contributed by atoms with E-state index < -0.39 is 34.3 Å². The fraction of sp³-hybridized carbons (Fsp3) is 0.745. The molecule has 342 valence electrons. The molecule has 1 aromatic rings. The van der Waals surface area contributed by atoms with Gasteiger partial charge in [0.2, 0.25) is 5.91 Å². The fourth-order valence-electron chi connectivity index (χ4n) is 14.6. The van der Waals surface area contributed by atoms with Gasteiger partial charge < -0.3 is 30.0 Å². The van der Waals surface area contributed by atoms with Crippen LogP contribution in [0.3, 0.4) is 0 Å². The normalized spacial score (nSPS) is 36.9. The van der Waals surface area contributed by atoms with Crippen molar-refractivity contribution in [1.82, 2.24) is 10.6 Å². The van der Waals surface area contributed by atoms with Crippen molar-refractivity contribution in [1.29, 1.82) is 0 Å². The third-order valence-electron chi connectivity index (χ3n) is 18.5. The number of benzene rings is 1. The van der Waals surface area contributed by atoms with Crippen LogP contribution in [0.4, 0.5) is 0 Å². The van der Waals surface area contributed by atoms with Crippen LogP contribution < -0.4 is 15.4 Å². The number of nitrogens with one attached hydrogen (secondary N) is 2. The molecule has 6 aliphatic carbocycles. The van der Waals surface area contributed by atoms with Crippen LogP contribution in [0.1, 0.15) is 151 Å². The van der Waals surface area contributed by atoms with Crippen molar-refractivity contribution in [2.75, 3.05) is 20.3 Å². The number of hydrogen-bond acceptors (Lipinski definition) is 8. The van der Waals surface area contributed by atoms with Crippen molar-refractivity contribution < 1.29 is 43.3 Å². The number of methoxy groups -OCH3 is 1. The van der Waals surface area contributed by atoms with Gasteiger partial charge in [0, 0.05) is 24.5 Å². The van der Waals surface area contributed by atoms with Crippen molar-refractivity contribution in [3.8, 4) is 5.75 Å². The van der Waals surface area contributed by atoms with E-state index in [0.717, 1.165) is 56.1 Å². The topological polar surface area (TPSA) is 157 Å². The van der Waals surface area contributed by atoms with Crippen LogP contribution >= 0.6 is 0 Å². The number of fused-ring (bicyclic) bond motifs is 7. The fourth-order valence-corrected chi connectivity index (χ4v) is 14.6. The number of esters is 1. The molecule has 5 fully saturated rings. The quantitative estimate of drug-likeness (QED) is 0.138. The van der Waals surface area contributed by atoms with Crippen LogP contribution in [0.25, 0.3) is 0 Å². The molecule has 2 amide bonds. The highest BCUT2D eigenvalue weighted by Gasteiger charge is 2.71. The summed E-state index contributed by atoms with van der Waals surface area (Å²) in [6.07, 6.45) is 7.60. The van der Waals surface area contributed by atoms with E-state index in [1.165, 1.54) is 0 Å². The van der Waals surface area contributed by atoms with Gasteiger partial charge in [-0.1, -0.05) is 62.3 Å². The Hall–Kier alpha value is -3.73. The maximum absolute atomic E-state index is 14.5. The number of Topliss-reactive ketones (excluding diaryl/α,β-unsaturated/α-hetero) is 1. The van der Waals surface area contributed by atoms with Gasteiger partial charge in [-0.2, -0.15) is 0 Å². The van der Waals surface area contributed by atoms with Crippen LogP contribution in [0.2, 0.25) is 0 Å². The Balaban J connectivity index is 1.10. The Bertz CT molecular complexity index is 2020. The number of carbonyl (C=O) groups excluding carboxylic acids is 4. The first-order chi connectivity index (χ1) is 28.8. The van der Waals surface area contributed by atoms with E-state index >= 15 is 0 Å². The molecule has 1 aromatic carbocycles. The summed E-state index contributed by atoms with van der Waals surface area (Å²) in [5, 5.41) is 16.1. The van der Waals surface area contributed by atoms with Gasteiger partial charge in [0.15, 0.2) is 5.78 Å². The van der Waals surface area contributed by atoms with Crippen LogP contribution in [-0.2, 0) is 28.7 Å². The lowest BCUT2D eigenvalue weighted by Crippen LogP contribution is -2.68. The minimum atomic E-state index is -1.26. The average Bonchev–Trinajstić information content (AvgIpc) is 3.47. The molecule has 7 rings (SSSR count). The van der Waals surface area contributed by atoms with Gasteiger partial charge in [0.25, 0.3) is 5.91 Å². The van der Waals surface area contributed by atoms with Crippen LogP contribution in [0.15, 0.2) is 35.4 Å². The zero-order valence-electron chi connectivity index (χ0n) is 39.5. The van der Waals surface area contributed by atoms with Crippen LogP contribution in [0, 0.1) is 62.6 Å². The maximum atomic E-state index is 14.5. The van der Waals surface area contributed by atoms with E-state index in [2.05, 4.69) is 59.1 Å². The predicted octanol–water partition coefficient (Wildman–Crippen LogP) is 8.73. The minimum Gasteiger partial charge on any atom is -0.491 e. The molecular weight excluding hydrogens is 785 g/mol. The summed E-state index contributed by atoms with van der Waals surface area (Å²) in [6, 6.07) is 6.82. The van der Waals surface area contributed by atoms with Crippen molar-refractivity contribution >= 4 is 29.5 Å². The molecule has 0 unspecified atom stereocenters. The largest absolute Gasteiger partial charge is 0.491 e. The molecular formula is C51H74N2O9. The van der Waals surface area contributed by atoms with E-state index in [9.17, 15) is 29.1 Å². The van der Waals surface area contributed by atoms with Crippen molar-refractivity contribution in [3.05, 3.63) is 41.0 Å². The number of carbonyl (C=O) groups is 5. The highest BCUT2D eigenvalue weighted by molar-refractivity contribution is 6.03. The summed E-state index contributed by atoms with van der Waals surface area (Å²) >= 11 is 0. The van der Waals surface area contributed by atoms with Gasteiger partial charge in [0.1, 0.15) is 24.0 Å². The van der Waals surface area contributed by atoms with Gasteiger partial charge in [-0.25, -0.2) is 0 Å². The summed E-state index contributed by atoms with van der Waals surface area (Å²) in [4.78, 5) is 67.7. The predicted molar refractivity (Wildman–Crippen MR) is 236 cm³/mol. The second-order valence-corrected chi connectivity index (χ2v) is 23.0. The molecule has 6 aliphatic rings. The van der Waals surface area contributed by atoms with Gasteiger partial charge in [-0.3, -0.25) is 24.0 Å². The second kappa shape index (κ2) is 15.8. The molecule has 62 heavy (non-hydrogen) atoms. The first-order valence-corrected chi connectivity index (χ1v) is 23.4. The number of amides is 2. The standard InChI is InChI=1S/C51H74N2O9/c1-29(2)39-35(54)28-51(53-44(59)47(7,8)52-41(55)30-13-15-31(16-14-30)61-26-25-60-12)24-23-49(10)32(40(39)51)17-18-37-48(9)21-20-38(46(5,6)36(48)19-22-50(37,49)11)62-43(58)34-27-33(42(56)57)45(34,3)4/h13-16,29,32-34,36-38H,17-28H2,1-12H3,(H,52,55)(H,53,59)(H,56,57)/t32-,33+,34-,36+,37-,38+,48+,49-,50-,51-/m1/s1. The molecule has 0 heterocycles. The average molecular weight is 859 g/mol. The molecule has 0 spiro atoms. The molecule has 0 radical (unpaired) electrons. The summed E-state index contributed by atoms with van der Waals surface area (Å²) in [6.45, 7) is 24.3. The lowest BCUT2D eigenvalue weighted by atomic mass is 9.33. The lowest BCUT2D eigenvalue weighted by Gasteiger charge is -2.72. The number of carboxylic acids is 1. The Morgan fingerprint density at radius 3 is 2.11 bits per heavy atom. The number of ether oxygens (including phenoxy) is 3. The lowest BCUT2D eigenvalue weighted by molar-refractivity contribution is -0.235. The van der Waals surface area contributed by atoms with Crippen LogP contribution in [-0.4, -0.2) is 72.1 Å². The SMILES string of the molecule is COCCOc1ccc(C(=O)NC(C)(C)C(=O)N[C@@]23CC[C@]4(C)[C@H](CC[C@@H]5[C@@]6(C)CC[C@H](OC(=O)[C@H]7C[C@@H](C(=O)O)C7(C)C)C(C)(C)[C@@H]6CC[C@]54C)C2=C(C(C)C)C(=O)C3)cc1. The molecule has 0 bridgehead atoms. The molecule has 0 aromatic heterocycles. The van der Waals surface area contributed by atoms with E-state index in [0.29, 0.717) is 49.2 Å². The van der Waals surface area contributed by atoms with E-state index in [4.69, 9.17) is 14.2 Å². The number of carboxylic acid groups (broad SMARTS) is 1. The summed E-state index contributed by atoms with van der Waals surface area (Å²) in [5.41, 5.74) is -0.674. The number of allylic oxidation sites excluding steroid dienone is 1. The zero-order valence-corrected chi connectivity index (χ0v) is 39.5. The zero-order chi connectivity index (χ0) is 45.6. The van der Waals surface area contributed by atoms with E-state index in [1.54, 1.807) is 45.2 Å². The van der Waals surface area contributed by atoms with E-state index in [-0.39, 0.29) is 69.6 Å². The summed E-state index contributed by atoms with van der Waals surface area (Å²) < 4.78 is 17.1. The molecule has 3 N–H and O–H groups in total. The number of aliphatic carboxylic acids is 1. The van der Waals surface area contributed by atoms with Crippen molar-refractivity contribution in [2.24, 2.45) is 62.6 Å². The van der Waals surface area contributed by atoms with Gasteiger partial charge >= 0.3 is 11.9 Å². The number of rotatable bonds is 12. The highest BCUT2D eigenvalue weighted by atomic mass is 16.5. The molecule has 11 nitrogen and oxygen atoms in total. The Labute approximate surface area is 369 Å². The van der Waals surface area contributed by atoms with Gasteiger partial charge in [0.05, 0.1) is 24.0 Å². The molecule has 11 heteroatoms. The smallest absolute Gasteiger partial charge is 0.309 e. The Morgan fingerprint density at radius 1 is 0.823 bits per heavy atom. The molecule has 0 aliphatic heterocycles. The first kappa shape index (κ1) is 46.3. The van der Waals surface area contributed by atoms with Gasteiger partial charge in [-0.15, -0.1) is 0 Å². The summed E-state index contributed by atoms with van der Waals surface area (Å²) in [7, 11) is 1.61. The van der Waals surface area contributed by atoms with Crippen molar-refractivity contribution in [3.63, 3.8) is 0 Å². The monoisotopic (exact) mass is 859 g/mol. The number of ketones is 1. The molecule has 10 atom stereocenters.